The molecule has 0 aromatic heterocycles. The summed E-state index contributed by atoms with van der Waals surface area (Å²) < 4.78 is 11.3. The van der Waals surface area contributed by atoms with Crippen LogP contribution < -0.4 is 14.8 Å². The number of benzene rings is 1. The zero-order valence-corrected chi connectivity index (χ0v) is 14.5. The molecule has 5 nitrogen and oxygen atoms in total. The monoisotopic (exact) mass is 322 g/mol. The van der Waals surface area contributed by atoms with Gasteiger partial charge in [-0.2, -0.15) is 0 Å². The van der Waals surface area contributed by atoms with E-state index in [4.69, 9.17) is 9.47 Å². The lowest BCUT2D eigenvalue weighted by molar-refractivity contribution is 0.0814. The maximum Gasteiger partial charge on any atom is 0.125 e. The van der Waals surface area contributed by atoms with Crippen LogP contribution in [0.3, 0.4) is 0 Å². The summed E-state index contributed by atoms with van der Waals surface area (Å²) in [6.45, 7) is 12.2. The van der Waals surface area contributed by atoms with Crippen molar-refractivity contribution >= 4 is 0 Å². The van der Waals surface area contributed by atoms with Crippen molar-refractivity contribution in [3.05, 3.63) is 23.8 Å². The molecule has 2 atom stereocenters. The van der Waals surface area contributed by atoms with Gasteiger partial charge in [-0.3, -0.25) is 0 Å². The van der Waals surface area contributed by atoms with Gasteiger partial charge in [0.2, 0.25) is 0 Å². The molecule has 0 spiro atoms. The molecule has 2 rings (SSSR count). The molecule has 0 radical (unpaired) electrons. The lowest BCUT2D eigenvalue weighted by Crippen LogP contribution is -2.45. The highest BCUT2D eigenvalue weighted by Crippen LogP contribution is 2.33. The molecule has 2 unspecified atom stereocenters. The summed E-state index contributed by atoms with van der Waals surface area (Å²) in [5.41, 5.74) is 0.820. The van der Waals surface area contributed by atoms with E-state index in [1.54, 1.807) is 0 Å². The normalized spacial score (nSPS) is 18.4. The Morgan fingerprint density at radius 3 is 2.52 bits per heavy atom. The zero-order valence-electron chi connectivity index (χ0n) is 14.5. The highest BCUT2D eigenvalue weighted by Gasteiger charge is 2.24. The molecule has 1 aromatic carbocycles. The number of rotatable bonds is 8. The van der Waals surface area contributed by atoms with Crippen LogP contribution in [0.15, 0.2) is 18.2 Å². The van der Waals surface area contributed by atoms with Crippen LogP contribution in [0.5, 0.6) is 11.5 Å². The number of ether oxygens (including phenoxy) is 2. The third kappa shape index (κ3) is 5.09. The first-order valence-electron chi connectivity index (χ1n) is 8.66. The quantitative estimate of drug-likeness (QED) is 0.767. The maximum atomic E-state index is 10.8. The number of nitrogens with one attached hydrogen (secondary N) is 1. The summed E-state index contributed by atoms with van der Waals surface area (Å²) in [4.78, 5) is 2.40. The first-order valence-corrected chi connectivity index (χ1v) is 8.66. The van der Waals surface area contributed by atoms with E-state index in [9.17, 15) is 5.11 Å². The van der Waals surface area contributed by atoms with Crippen molar-refractivity contribution in [3.8, 4) is 11.5 Å². The van der Waals surface area contributed by atoms with E-state index < -0.39 is 6.10 Å². The van der Waals surface area contributed by atoms with Crippen LogP contribution in [0.1, 0.15) is 32.4 Å². The average Bonchev–Trinajstić information content (AvgIpc) is 2.57. The second-order valence-electron chi connectivity index (χ2n) is 6.04. The van der Waals surface area contributed by atoms with Crippen molar-refractivity contribution < 1.29 is 14.6 Å². The number of hydrogen-bond donors (Lipinski definition) is 2. The number of nitrogens with zero attached hydrogens (tertiary/aromatic N) is 1. The van der Waals surface area contributed by atoms with Gasteiger partial charge >= 0.3 is 0 Å². The van der Waals surface area contributed by atoms with Crippen LogP contribution in [0, 0.1) is 5.92 Å². The first-order chi connectivity index (χ1) is 11.2. The molecule has 1 aromatic rings. The largest absolute Gasteiger partial charge is 0.494 e. The van der Waals surface area contributed by atoms with Gasteiger partial charge in [0.1, 0.15) is 11.5 Å². The molecule has 1 aliphatic heterocycles. The van der Waals surface area contributed by atoms with Crippen molar-refractivity contribution in [1.29, 1.82) is 0 Å². The predicted octanol–water partition coefficient (Wildman–Crippen LogP) is 2.06. The minimum absolute atomic E-state index is 0.129. The van der Waals surface area contributed by atoms with Crippen molar-refractivity contribution in [1.82, 2.24) is 10.2 Å². The lowest BCUT2D eigenvalue weighted by atomic mass is 9.95. The highest BCUT2D eigenvalue weighted by molar-refractivity contribution is 5.42. The summed E-state index contributed by atoms with van der Waals surface area (Å²) in [5.74, 6) is 1.65. The Morgan fingerprint density at radius 2 is 1.87 bits per heavy atom. The number of aliphatic hydroxyl groups excluding tert-OH is 1. The molecule has 130 valence electrons. The molecule has 0 amide bonds. The van der Waals surface area contributed by atoms with E-state index in [0.717, 1.165) is 49.8 Å². The van der Waals surface area contributed by atoms with Gasteiger partial charge in [-0.1, -0.05) is 6.92 Å². The first kappa shape index (κ1) is 18.0. The van der Waals surface area contributed by atoms with E-state index in [1.807, 2.05) is 32.0 Å². The molecule has 5 heteroatoms. The van der Waals surface area contributed by atoms with Crippen molar-refractivity contribution in [3.63, 3.8) is 0 Å². The fourth-order valence-electron chi connectivity index (χ4n) is 3.01. The van der Waals surface area contributed by atoms with Crippen molar-refractivity contribution in [2.24, 2.45) is 5.92 Å². The number of aliphatic hydroxyl groups is 1. The summed E-state index contributed by atoms with van der Waals surface area (Å²) in [5, 5.41) is 14.2. The van der Waals surface area contributed by atoms with E-state index in [-0.39, 0.29) is 5.92 Å². The van der Waals surface area contributed by atoms with Gasteiger partial charge in [0.05, 0.1) is 19.3 Å². The van der Waals surface area contributed by atoms with E-state index in [2.05, 4.69) is 17.1 Å². The highest BCUT2D eigenvalue weighted by atomic mass is 16.5. The molecule has 1 saturated heterocycles. The van der Waals surface area contributed by atoms with Gasteiger partial charge in [0.15, 0.2) is 0 Å². The summed E-state index contributed by atoms with van der Waals surface area (Å²) in [6, 6.07) is 5.70. The Morgan fingerprint density at radius 1 is 1.17 bits per heavy atom. The van der Waals surface area contributed by atoms with Gasteiger partial charge in [-0.05, 0) is 38.0 Å². The van der Waals surface area contributed by atoms with Crippen molar-refractivity contribution in [2.75, 3.05) is 45.9 Å². The SMILES string of the molecule is CCOc1ccc(OCC)c(C(O)C(C)CN2CCNCC2)c1. The van der Waals surface area contributed by atoms with Crippen LogP contribution in [0.4, 0.5) is 0 Å². The molecular weight excluding hydrogens is 292 g/mol. The van der Waals surface area contributed by atoms with Gasteiger partial charge in [-0.25, -0.2) is 0 Å². The minimum atomic E-state index is -0.563. The molecule has 0 bridgehead atoms. The van der Waals surface area contributed by atoms with E-state index >= 15 is 0 Å². The minimum Gasteiger partial charge on any atom is -0.494 e. The summed E-state index contributed by atoms with van der Waals surface area (Å²) in [6.07, 6.45) is -0.563. The molecule has 1 fully saturated rings. The van der Waals surface area contributed by atoms with Crippen molar-refractivity contribution in [2.45, 2.75) is 26.9 Å². The topological polar surface area (TPSA) is 54.0 Å². The Hall–Kier alpha value is -1.30. The van der Waals surface area contributed by atoms with Gasteiger partial charge in [0, 0.05) is 38.3 Å². The van der Waals surface area contributed by atoms with E-state index in [0.29, 0.717) is 13.2 Å². The lowest BCUT2D eigenvalue weighted by Gasteiger charge is -2.31. The molecule has 1 heterocycles. The number of piperazine rings is 1. The molecule has 1 aliphatic rings. The molecular formula is C18H30N2O3. The second kappa shape index (κ2) is 9.11. The summed E-state index contributed by atoms with van der Waals surface area (Å²) >= 11 is 0. The molecule has 2 N–H and O–H groups in total. The van der Waals surface area contributed by atoms with Crippen LogP contribution in [0.25, 0.3) is 0 Å². The fourth-order valence-corrected chi connectivity index (χ4v) is 3.01. The Labute approximate surface area is 139 Å². The third-order valence-electron chi connectivity index (χ3n) is 4.21. The van der Waals surface area contributed by atoms with Crippen LogP contribution in [0.2, 0.25) is 0 Å². The second-order valence-corrected chi connectivity index (χ2v) is 6.04. The van der Waals surface area contributed by atoms with E-state index in [1.165, 1.54) is 0 Å². The fraction of sp³-hybridized carbons (Fsp3) is 0.667. The third-order valence-corrected chi connectivity index (χ3v) is 4.21. The smallest absolute Gasteiger partial charge is 0.125 e. The van der Waals surface area contributed by atoms with Crippen LogP contribution in [-0.2, 0) is 0 Å². The van der Waals surface area contributed by atoms with Crippen LogP contribution >= 0.6 is 0 Å². The van der Waals surface area contributed by atoms with Gasteiger partial charge < -0.3 is 24.8 Å². The standard InChI is InChI=1S/C18H30N2O3/c1-4-22-15-6-7-17(23-5-2)16(12-15)18(21)14(3)13-20-10-8-19-9-11-20/h6-7,12,14,18-19,21H,4-5,8-11,13H2,1-3H3. The molecule has 0 aliphatic carbocycles. The predicted molar refractivity (Wildman–Crippen MR) is 92.2 cm³/mol. The molecule has 0 saturated carbocycles. The van der Waals surface area contributed by atoms with Crippen LogP contribution in [-0.4, -0.2) is 55.9 Å². The Kier molecular flexibility index (Phi) is 7.15. The molecule has 23 heavy (non-hydrogen) atoms. The summed E-state index contributed by atoms with van der Waals surface area (Å²) in [7, 11) is 0. The zero-order chi connectivity index (χ0) is 16.7. The van der Waals surface area contributed by atoms with Gasteiger partial charge in [-0.15, -0.1) is 0 Å². The van der Waals surface area contributed by atoms with Gasteiger partial charge in [0.25, 0.3) is 0 Å². The average molecular weight is 322 g/mol. The Balaban J connectivity index is 2.10. The Bertz CT molecular complexity index is 475. The number of hydrogen-bond acceptors (Lipinski definition) is 5. The maximum absolute atomic E-state index is 10.8.